The fourth-order valence-corrected chi connectivity index (χ4v) is 2.94. The van der Waals surface area contributed by atoms with Crippen LogP contribution in [0.2, 0.25) is 0 Å². The third-order valence-corrected chi connectivity index (χ3v) is 4.18. The maximum absolute atomic E-state index is 11.7. The molecule has 0 aliphatic carbocycles. The van der Waals surface area contributed by atoms with Gasteiger partial charge in [-0.1, -0.05) is 13.8 Å². The van der Waals surface area contributed by atoms with Gasteiger partial charge in [-0.3, -0.25) is 9.69 Å². The molecule has 4 nitrogen and oxygen atoms in total. The lowest BCUT2D eigenvalue weighted by Crippen LogP contribution is -2.45. The van der Waals surface area contributed by atoms with E-state index in [1.807, 2.05) is 18.8 Å². The van der Waals surface area contributed by atoms with E-state index in [2.05, 4.69) is 35.6 Å². The highest BCUT2D eigenvalue weighted by Crippen LogP contribution is 2.18. The molecule has 1 heterocycles. The second-order valence-electron chi connectivity index (χ2n) is 5.11. The molecule has 0 saturated carbocycles. The second kappa shape index (κ2) is 7.24. The Balaban J connectivity index is 2.32. The smallest absolute Gasteiger partial charge is 0.234 e. The lowest BCUT2D eigenvalue weighted by molar-refractivity contribution is -0.122. The summed E-state index contributed by atoms with van der Waals surface area (Å²) in [6, 6.07) is 0.467. The number of amides is 1. The van der Waals surface area contributed by atoms with Crippen LogP contribution in [0.25, 0.3) is 0 Å². The summed E-state index contributed by atoms with van der Waals surface area (Å²) in [5.41, 5.74) is 0. The van der Waals surface area contributed by atoms with Gasteiger partial charge in [0, 0.05) is 30.9 Å². The van der Waals surface area contributed by atoms with Gasteiger partial charge in [-0.25, -0.2) is 0 Å². The highest BCUT2D eigenvalue weighted by Gasteiger charge is 2.30. The predicted molar refractivity (Wildman–Crippen MR) is 74.4 cm³/mol. The molecule has 1 aliphatic heterocycles. The molecule has 1 rings (SSSR count). The van der Waals surface area contributed by atoms with Crippen LogP contribution in [0.1, 0.15) is 13.8 Å². The van der Waals surface area contributed by atoms with Crippen LogP contribution in [0.5, 0.6) is 0 Å². The van der Waals surface area contributed by atoms with Gasteiger partial charge < -0.3 is 10.6 Å². The van der Waals surface area contributed by atoms with Crippen molar-refractivity contribution in [1.82, 2.24) is 15.5 Å². The Bertz CT molecular complexity index is 248. The monoisotopic (exact) mass is 259 g/mol. The zero-order chi connectivity index (χ0) is 12.8. The van der Waals surface area contributed by atoms with Gasteiger partial charge in [-0.2, -0.15) is 11.8 Å². The Labute approximate surface area is 109 Å². The first-order valence-corrected chi connectivity index (χ1v) is 7.53. The number of carbonyl (C=O) groups is 1. The Hall–Kier alpha value is -0.260. The number of thioether (sulfide) groups is 1. The van der Waals surface area contributed by atoms with Crippen LogP contribution in [0.4, 0.5) is 0 Å². The molecule has 17 heavy (non-hydrogen) atoms. The van der Waals surface area contributed by atoms with Crippen molar-refractivity contribution in [3.63, 3.8) is 0 Å². The van der Waals surface area contributed by atoms with E-state index in [0.29, 0.717) is 23.8 Å². The Morgan fingerprint density at radius 3 is 2.82 bits per heavy atom. The molecule has 1 amide bonds. The topological polar surface area (TPSA) is 44.4 Å². The second-order valence-corrected chi connectivity index (χ2v) is 6.19. The summed E-state index contributed by atoms with van der Waals surface area (Å²) in [6.07, 6.45) is 2.14. The average Bonchev–Trinajstić information content (AvgIpc) is 2.74. The first kappa shape index (κ1) is 14.8. The fraction of sp³-hybridized carbons (Fsp3) is 0.917. The summed E-state index contributed by atoms with van der Waals surface area (Å²) in [4.78, 5) is 13.9. The number of likely N-dealkylation sites (N-methyl/N-ethyl adjacent to an activating group) is 1. The fourth-order valence-electron chi connectivity index (χ4n) is 2.04. The van der Waals surface area contributed by atoms with Crippen LogP contribution in [-0.2, 0) is 4.79 Å². The van der Waals surface area contributed by atoms with E-state index in [4.69, 9.17) is 0 Å². The van der Waals surface area contributed by atoms with Gasteiger partial charge >= 0.3 is 0 Å². The molecule has 2 N–H and O–H groups in total. The summed E-state index contributed by atoms with van der Waals surface area (Å²) in [5.74, 6) is 0.643. The van der Waals surface area contributed by atoms with E-state index in [9.17, 15) is 4.79 Å². The summed E-state index contributed by atoms with van der Waals surface area (Å²) in [7, 11) is 2.04. The van der Waals surface area contributed by atoms with Crippen LogP contribution in [0.3, 0.4) is 0 Å². The van der Waals surface area contributed by atoms with Crippen LogP contribution >= 0.6 is 11.8 Å². The van der Waals surface area contributed by atoms with E-state index >= 15 is 0 Å². The summed E-state index contributed by atoms with van der Waals surface area (Å²) in [5, 5.41) is 6.94. The number of nitrogens with one attached hydrogen (secondary N) is 2. The maximum Gasteiger partial charge on any atom is 0.234 e. The summed E-state index contributed by atoms with van der Waals surface area (Å²) in [6.45, 7) is 7.50. The minimum absolute atomic E-state index is 0.132. The highest BCUT2D eigenvalue weighted by atomic mass is 32.2. The predicted octanol–water partition coefficient (Wildman–Crippen LogP) is 0.394. The van der Waals surface area contributed by atoms with Crippen molar-refractivity contribution in [1.29, 1.82) is 0 Å². The maximum atomic E-state index is 11.7. The van der Waals surface area contributed by atoms with Gasteiger partial charge in [0.15, 0.2) is 0 Å². The SMILES string of the molecule is CSC1CNCC1N(C)CC(=O)NCC(C)C. The lowest BCUT2D eigenvalue weighted by Gasteiger charge is -2.27. The van der Waals surface area contributed by atoms with Crippen LogP contribution < -0.4 is 10.6 Å². The van der Waals surface area contributed by atoms with E-state index in [1.165, 1.54) is 0 Å². The van der Waals surface area contributed by atoms with Gasteiger partial charge in [0.25, 0.3) is 0 Å². The summed E-state index contributed by atoms with van der Waals surface area (Å²) >= 11 is 1.88. The third-order valence-electron chi connectivity index (χ3n) is 3.10. The highest BCUT2D eigenvalue weighted by molar-refractivity contribution is 7.99. The van der Waals surface area contributed by atoms with Crippen molar-refractivity contribution in [2.24, 2.45) is 5.92 Å². The zero-order valence-electron chi connectivity index (χ0n) is 11.3. The molecule has 0 aromatic carbocycles. The van der Waals surface area contributed by atoms with Crippen LogP contribution in [0.15, 0.2) is 0 Å². The van der Waals surface area contributed by atoms with Crippen molar-refractivity contribution >= 4 is 17.7 Å². The van der Waals surface area contributed by atoms with E-state index in [0.717, 1.165) is 19.6 Å². The number of hydrogen-bond donors (Lipinski definition) is 2. The third kappa shape index (κ3) is 4.85. The zero-order valence-corrected chi connectivity index (χ0v) is 12.1. The van der Waals surface area contributed by atoms with E-state index < -0.39 is 0 Å². The molecule has 2 unspecified atom stereocenters. The van der Waals surface area contributed by atoms with Gasteiger partial charge in [0.1, 0.15) is 0 Å². The van der Waals surface area contributed by atoms with E-state index in [1.54, 1.807) is 0 Å². The number of rotatable bonds is 6. The van der Waals surface area contributed by atoms with Gasteiger partial charge in [0.2, 0.25) is 5.91 Å². The van der Waals surface area contributed by atoms with Crippen molar-refractivity contribution in [3.05, 3.63) is 0 Å². The van der Waals surface area contributed by atoms with Crippen molar-refractivity contribution in [2.45, 2.75) is 25.1 Å². The molecule has 100 valence electrons. The minimum Gasteiger partial charge on any atom is -0.355 e. The van der Waals surface area contributed by atoms with Crippen LogP contribution in [-0.4, -0.2) is 61.6 Å². The molecule has 1 aliphatic rings. The van der Waals surface area contributed by atoms with Crippen molar-refractivity contribution in [2.75, 3.05) is 39.5 Å². The molecule has 0 radical (unpaired) electrons. The van der Waals surface area contributed by atoms with Gasteiger partial charge in [-0.15, -0.1) is 0 Å². The minimum atomic E-state index is 0.132. The molecule has 0 bridgehead atoms. The van der Waals surface area contributed by atoms with Gasteiger partial charge in [-0.05, 0) is 19.2 Å². The standard InChI is InChI=1S/C12H25N3OS/c1-9(2)5-14-12(16)8-15(3)10-6-13-7-11(10)17-4/h9-11,13H,5-8H2,1-4H3,(H,14,16). The van der Waals surface area contributed by atoms with Crippen molar-refractivity contribution < 1.29 is 4.79 Å². The molecule has 1 fully saturated rings. The first-order chi connectivity index (χ1) is 8.04. The van der Waals surface area contributed by atoms with Crippen molar-refractivity contribution in [3.8, 4) is 0 Å². The number of nitrogens with zero attached hydrogens (tertiary/aromatic N) is 1. The molecular formula is C12H25N3OS. The summed E-state index contributed by atoms with van der Waals surface area (Å²) < 4.78 is 0. The largest absolute Gasteiger partial charge is 0.355 e. The molecular weight excluding hydrogens is 234 g/mol. The molecule has 2 atom stereocenters. The van der Waals surface area contributed by atoms with Crippen LogP contribution in [0, 0.1) is 5.92 Å². The number of carbonyl (C=O) groups excluding carboxylic acids is 1. The molecule has 0 spiro atoms. The first-order valence-electron chi connectivity index (χ1n) is 6.25. The average molecular weight is 259 g/mol. The number of hydrogen-bond acceptors (Lipinski definition) is 4. The normalized spacial score (nSPS) is 24.6. The Morgan fingerprint density at radius 1 is 1.53 bits per heavy atom. The molecule has 0 aromatic rings. The Morgan fingerprint density at radius 2 is 2.24 bits per heavy atom. The quantitative estimate of drug-likeness (QED) is 0.724. The molecule has 0 aromatic heterocycles. The van der Waals surface area contributed by atoms with Gasteiger partial charge in [0.05, 0.1) is 6.54 Å². The molecule has 1 saturated heterocycles. The lowest BCUT2D eigenvalue weighted by atomic mass is 10.2. The van der Waals surface area contributed by atoms with E-state index in [-0.39, 0.29) is 5.91 Å². The Kier molecular flexibility index (Phi) is 6.30. The molecule has 5 heteroatoms.